The average molecular weight is 861 g/mol. The molecular weight excluding hydrogens is 765 g/mol. The fourth-order valence-corrected chi connectivity index (χ4v) is 6.79. The highest BCUT2D eigenvalue weighted by atomic mass is 16.6. The van der Waals surface area contributed by atoms with Gasteiger partial charge in [-0.25, -0.2) is 0 Å². The third kappa shape index (κ3) is 49.5. The maximum Gasteiger partial charge on any atom is 0.306 e. The molecule has 0 aliphatic heterocycles. The van der Waals surface area contributed by atoms with Crippen molar-refractivity contribution in [1.82, 2.24) is 0 Å². The van der Waals surface area contributed by atoms with E-state index in [4.69, 9.17) is 14.2 Å². The molecule has 0 radical (unpaired) electrons. The van der Waals surface area contributed by atoms with Crippen molar-refractivity contribution in [3.8, 4) is 0 Å². The smallest absolute Gasteiger partial charge is 0.306 e. The minimum Gasteiger partial charge on any atom is -0.462 e. The van der Waals surface area contributed by atoms with Gasteiger partial charge in [-0.15, -0.1) is 0 Å². The Kier molecular flexibility index (Phi) is 49.5. The molecule has 0 spiro atoms. The van der Waals surface area contributed by atoms with E-state index in [0.717, 1.165) is 96.3 Å². The molecular formula is C57H96O5. The number of carbonyl (C=O) groups is 2. The number of allylic oxidation sites excluding steroid dienone is 16. The highest BCUT2D eigenvalue weighted by Gasteiger charge is 2.17. The molecule has 354 valence electrons. The lowest BCUT2D eigenvalue weighted by atomic mass is 10.1. The van der Waals surface area contributed by atoms with Crippen LogP contribution in [0.1, 0.15) is 226 Å². The van der Waals surface area contributed by atoms with Crippen molar-refractivity contribution < 1.29 is 23.8 Å². The van der Waals surface area contributed by atoms with Crippen LogP contribution in [-0.2, 0) is 23.8 Å². The molecule has 5 heteroatoms. The number of hydrogen-bond acceptors (Lipinski definition) is 5. The van der Waals surface area contributed by atoms with Crippen LogP contribution < -0.4 is 0 Å². The van der Waals surface area contributed by atoms with Crippen molar-refractivity contribution in [1.29, 1.82) is 0 Å². The fourth-order valence-electron chi connectivity index (χ4n) is 6.79. The lowest BCUT2D eigenvalue weighted by Crippen LogP contribution is -2.30. The number of hydrogen-bond donors (Lipinski definition) is 0. The van der Waals surface area contributed by atoms with E-state index in [1.807, 2.05) is 0 Å². The lowest BCUT2D eigenvalue weighted by Gasteiger charge is -2.18. The van der Waals surface area contributed by atoms with Gasteiger partial charge in [-0.2, -0.15) is 0 Å². The number of rotatable bonds is 46. The molecule has 0 rings (SSSR count). The first-order chi connectivity index (χ1) is 30.6. The third-order valence-electron chi connectivity index (χ3n) is 10.6. The van der Waals surface area contributed by atoms with Crippen LogP contribution in [0.25, 0.3) is 0 Å². The first-order valence-electron chi connectivity index (χ1n) is 25.8. The minimum absolute atomic E-state index is 0.0524. The maximum atomic E-state index is 12.8. The topological polar surface area (TPSA) is 61.8 Å². The molecule has 0 bridgehead atoms. The monoisotopic (exact) mass is 861 g/mol. The molecule has 1 atom stereocenters. The number of carbonyl (C=O) groups excluding carboxylic acids is 2. The van der Waals surface area contributed by atoms with Crippen LogP contribution >= 0.6 is 0 Å². The van der Waals surface area contributed by atoms with Gasteiger partial charge in [0.05, 0.1) is 6.61 Å². The Morgan fingerprint density at radius 1 is 0.371 bits per heavy atom. The van der Waals surface area contributed by atoms with E-state index in [1.54, 1.807) is 0 Å². The number of ether oxygens (including phenoxy) is 3. The number of esters is 2. The van der Waals surface area contributed by atoms with E-state index in [2.05, 4.69) is 118 Å². The zero-order valence-electron chi connectivity index (χ0n) is 40.6. The van der Waals surface area contributed by atoms with Crippen molar-refractivity contribution in [2.45, 2.75) is 232 Å². The highest BCUT2D eigenvalue weighted by Crippen LogP contribution is 2.13. The molecule has 0 saturated carbocycles. The SMILES string of the molecule is CC/C=C\C/C=C\C/C=C\C/C=C\C/C=C\CCCC(=O)OC(COCCCCCCCCCCCC)COC(=O)CCCCCCCC/C=C\C/C=C\C/C=C\CCCCC. The van der Waals surface area contributed by atoms with E-state index in [0.29, 0.717) is 19.4 Å². The molecule has 62 heavy (non-hydrogen) atoms. The predicted molar refractivity (Wildman–Crippen MR) is 270 cm³/mol. The van der Waals surface area contributed by atoms with Crippen LogP contribution in [0.3, 0.4) is 0 Å². The average Bonchev–Trinajstić information content (AvgIpc) is 3.27. The molecule has 0 aromatic heterocycles. The highest BCUT2D eigenvalue weighted by molar-refractivity contribution is 5.70. The van der Waals surface area contributed by atoms with Gasteiger partial charge in [0, 0.05) is 19.4 Å². The van der Waals surface area contributed by atoms with Crippen molar-refractivity contribution in [2.75, 3.05) is 19.8 Å². The maximum absolute atomic E-state index is 12.8. The number of unbranched alkanes of at least 4 members (excludes halogenated alkanes) is 19. The van der Waals surface area contributed by atoms with Crippen molar-refractivity contribution in [3.05, 3.63) is 97.2 Å². The van der Waals surface area contributed by atoms with Gasteiger partial charge in [-0.3, -0.25) is 9.59 Å². The zero-order chi connectivity index (χ0) is 44.9. The van der Waals surface area contributed by atoms with Gasteiger partial charge in [0.25, 0.3) is 0 Å². The van der Waals surface area contributed by atoms with E-state index in [1.165, 1.54) is 96.3 Å². The molecule has 0 heterocycles. The summed E-state index contributed by atoms with van der Waals surface area (Å²) in [5.41, 5.74) is 0. The van der Waals surface area contributed by atoms with Crippen LogP contribution in [-0.4, -0.2) is 37.9 Å². The molecule has 5 nitrogen and oxygen atoms in total. The molecule has 0 saturated heterocycles. The standard InChI is InChI=1S/C57H96O5/c1-4-7-10-13-16-19-22-24-26-28-29-31-32-34-36-38-41-44-47-50-56(58)61-54-55(53-60-52-49-46-43-40-21-18-15-12-9-6-3)62-57(59)51-48-45-42-39-37-35-33-30-27-25-23-20-17-14-11-8-5-2/h8,11,16-17,19-20,24-27,29,31,33,35,39,42,55H,4-7,9-10,12-15,18,21-23,28,30,32,34,36-38,40-41,43-54H2,1-3H3/b11-8-,19-16-,20-17-,26-24-,27-25-,31-29-,35-33-,42-39-. The van der Waals surface area contributed by atoms with E-state index in [-0.39, 0.29) is 25.2 Å². The fraction of sp³-hybridized carbons (Fsp3) is 0.684. The molecule has 0 aliphatic carbocycles. The van der Waals surface area contributed by atoms with Crippen LogP contribution in [0.4, 0.5) is 0 Å². The summed E-state index contributed by atoms with van der Waals surface area (Å²) in [6.45, 7) is 7.61. The lowest BCUT2D eigenvalue weighted by molar-refractivity contribution is -0.162. The summed E-state index contributed by atoms with van der Waals surface area (Å²) in [5.74, 6) is -0.481. The molecule has 0 aromatic rings. The van der Waals surface area contributed by atoms with Crippen LogP contribution in [0.5, 0.6) is 0 Å². The minimum atomic E-state index is -0.574. The summed E-state index contributed by atoms with van der Waals surface area (Å²) >= 11 is 0. The van der Waals surface area contributed by atoms with Gasteiger partial charge < -0.3 is 14.2 Å². The van der Waals surface area contributed by atoms with E-state index < -0.39 is 6.10 Å². The molecule has 0 aliphatic rings. The first-order valence-corrected chi connectivity index (χ1v) is 25.8. The Morgan fingerprint density at radius 3 is 1.24 bits per heavy atom. The van der Waals surface area contributed by atoms with Crippen molar-refractivity contribution >= 4 is 11.9 Å². The summed E-state index contributed by atoms with van der Waals surface area (Å²) in [5, 5.41) is 0. The van der Waals surface area contributed by atoms with Crippen LogP contribution in [0.2, 0.25) is 0 Å². The Balaban J connectivity index is 4.34. The summed E-state index contributed by atoms with van der Waals surface area (Å²) in [6, 6.07) is 0. The molecule has 0 amide bonds. The van der Waals surface area contributed by atoms with Gasteiger partial charge in [0.15, 0.2) is 6.10 Å². The summed E-state index contributed by atoms with van der Waals surface area (Å²) < 4.78 is 17.3. The normalized spacial score (nSPS) is 13.0. The second-order valence-electron chi connectivity index (χ2n) is 16.7. The van der Waals surface area contributed by atoms with Crippen LogP contribution in [0, 0.1) is 0 Å². The second kappa shape index (κ2) is 52.2. The molecule has 1 unspecified atom stereocenters. The van der Waals surface area contributed by atoms with Crippen molar-refractivity contribution in [3.63, 3.8) is 0 Å². The molecule has 0 fully saturated rings. The van der Waals surface area contributed by atoms with E-state index in [9.17, 15) is 9.59 Å². The predicted octanol–water partition coefficient (Wildman–Crippen LogP) is 17.5. The van der Waals surface area contributed by atoms with Gasteiger partial charge in [-0.1, -0.05) is 214 Å². The van der Waals surface area contributed by atoms with Gasteiger partial charge >= 0.3 is 11.9 Å². The molecule has 0 N–H and O–H groups in total. The zero-order valence-corrected chi connectivity index (χ0v) is 40.6. The Morgan fingerprint density at radius 2 is 0.742 bits per heavy atom. The third-order valence-corrected chi connectivity index (χ3v) is 10.6. The largest absolute Gasteiger partial charge is 0.462 e. The van der Waals surface area contributed by atoms with Gasteiger partial charge in [0.2, 0.25) is 0 Å². The Labute approximate surface area is 383 Å². The quantitative estimate of drug-likeness (QED) is 0.0347. The molecule has 0 aromatic carbocycles. The summed E-state index contributed by atoms with van der Waals surface area (Å²) in [7, 11) is 0. The summed E-state index contributed by atoms with van der Waals surface area (Å²) in [4.78, 5) is 25.4. The Hall–Kier alpha value is -3.18. The van der Waals surface area contributed by atoms with Gasteiger partial charge in [0.1, 0.15) is 6.61 Å². The second-order valence-corrected chi connectivity index (χ2v) is 16.7. The van der Waals surface area contributed by atoms with Crippen LogP contribution in [0.15, 0.2) is 97.2 Å². The van der Waals surface area contributed by atoms with E-state index >= 15 is 0 Å². The summed E-state index contributed by atoms with van der Waals surface area (Å²) in [6.07, 6.45) is 69.9. The van der Waals surface area contributed by atoms with Gasteiger partial charge in [-0.05, 0) is 96.3 Å². The van der Waals surface area contributed by atoms with Crippen molar-refractivity contribution in [2.24, 2.45) is 0 Å². The first kappa shape index (κ1) is 58.8. The Bertz CT molecular complexity index is 1200.